The molecule has 1 aromatic carbocycles. The summed E-state index contributed by atoms with van der Waals surface area (Å²) in [5.74, 6) is 0. The Labute approximate surface area is 69.9 Å². The highest BCUT2D eigenvalue weighted by atomic mass is 16.9. The lowest BCUT2D eigenvalue weighted by Crippen LogP contribution is -2.00. The molecule has 0 atom stereocenters. The van der Waals surface area contributed by atoms with Crippen LogP contribution in [0.1, 0.15) is 11.1 Å². The normalized spacial score (nSPS) is 9.42. The average Bonchev–Trinajstić information content (AvgIpc) is 2.03. The van der Waals surface area contributed by atoms with Crippen LogP contribution in [0.25, 0.3) is 0 Å². The molecule has 0 spiro atoms. The van der Waals surface area contributed by atoms with Crippen molar-refractivity contribution in [2.24, 2.45) is 0 Å². The van der Waals surface area contributed by atoms with Gasteiger partial charge in [-0.25, -0.2) is 0 Å². The van der Waals surface area contributed by atoms with Crippen LogP contribution >= 0.6 is 0 Å². The highest BCUT2D eigenvalue weighted by molar-refractivity contribution is 5.20. The van der Waals surface area contributed by atoms with Gasteiger partial charge >= 0.3 is 0 Å². The van der Waals surface area contributed by atoms with Crippen LogP contribution in [0.4, 0.5) is 0 Å². The molecule has 0 aromatic heterocycles. The number of nitrogens with zero attached hydrogens (tertiary/aromatic N) is 1. The molecular weight excluding hydrogens is 158 g/mol. The monoisotopic (exact) mass is 167 g/mol. The highest BCUT2D eigenvalue weighted by Crippen LogP contribution is 2.03. The molecule has 64 valence electrons. The molecule has 4 nitrogen and oxygen atoms in total. The Morgan fingerprint density at radius 1 is 1.42 bits per heavy atom. The Balaban J connectivity index is 2.53. The van der Waals surface area contributed by atoms with E-state index in [-0.39, 0.29) is 6.61 Å². The SMILES string of the molecule is Cc1ccc(CO[N+](=O)[O-])cc1. The Morgan fingerprint density at radius 2 is 2.00 bits per heavy atom. The number of hydrogen-bond donors (Lipinski definition) is 0. The second kappa shape index (κ2) is 3.71. The lowest BCUT2D eigenvalue weighted by Gasteiger charge is -1.98. The van der Waals surface area contributed by atoms with Crippen molar-refractivity contribution in [2.45, 2.75) is 13.5 Å². The predicted octanol–water partition coefficient (Wildman–Crippen LogP) is 1.70. The van der Waals surface area contributed by atoms with Crippen LogP contribution in [0, 0.1) is 17.0 Å². The summed E-state index contributed by atoms with van der Waals surface area (Å²) in [6, 6.07) is 7.38. The Morgan fingerprint density at radius 3 is 2.50 bits per heavy atom. The van der Waals surface area contributed by atoms with Crippen LogP contribution in [-0.4, -0.2) is 5.09 Å². The smallest absolute Gasteiger partial charge is 0.294 e. The molecule has 1 aromatic rings. The molecule has 0 fully saturated rings. The van der Waals surface area contributed by atoms with Crippen molar-refractivity contribution in [3.05, 3.63) is 45.5 Å². The Hall–Kier alpha value is -1.58. The van der Waals surface area contributed by atoms with Crippen molar-refractivity contribution in [3.8, 4) is 0 Å². The van der Waals surface area contributed by atoms with Gasteiger partial charge in [0.05, 0.1) is 0 Å². The summed E-state index contributed by atoms with van der Waals surface area (Å²) in [7, 11) is 0. The summed E-state index contributed by atoms with van der Waals surface area (Å²) in [6.45, 7) is 1.98. The molecule has 0 amide bonds. The number of rotatable bonds is 3. The minimum atomic E-state index is -0.792. The maximum atomic E-state index is 9.82. The number of benzene rings is 1. The van der Waals surface area contributed by atoms with Crippen molar-refractivity contribution in [1.29, 1.82) is 0 Å². The average molecular weight is 167 g/mol. The van der Waals surface area contributed by atoms with E-state index in [1.165, 1.54) is 0 Å². The van der Waals surface area contributed by atoms with E-state index in [2.05, 4.69) is 4.84 Å². The van der Waals surface area contributed by atoms with Crippen LogP contribution < -0.4 is 0 Å². The summed E-state index contributed by atoms with van der Waals surface area (Å²) in [6.07, 6.45) is 0. The molecule has 0 saturated heterocycles. The molecule has 0 N–H and O–H groups in total. The van der Waals surface area contributed by atoms with E-state index in [0.29, 0.717) is 0 Å². The molecule has 0 radical (unpaired) electrons. The van der Waals surface area contributed by atoms with E-state index >= 15 is 0 Å². The largest absolute Gasteiger partial charge is 0.309 e. The third-order valence-electron chi connectivity index (χ3n) is 1.46. The van der Waals surface area contributed by atoms with E-state index in [4.69, 9.17) is 0 Å². The quantitative estimate of drug-likeness (QED) is 0.508. The molecule has 0 aliphatic rings. The topological polar surface area (TPSA) is 52.4 Å². The maximum Gasteiger partial charge on any atom is 0.294 e. The molecule has 0 unspecified atom stereocenters. The van der Waals surface area contributed by atoms with Crippen molar-refractivity contribution < 1.29 is 9.92 Å². The van der Waals surface area contributed by atoms with Gasteiger partial charge in [-0.15, -0.1) is 10.1 Å². The van der Waals surface area contributed by atoms with Gasteiger partial charge in [0.25, 0.3) is 5.09 Å². The van der Waals surface area contributed by atoms with Gasteiger partial charge < -0.3 is 4.84 Å². The summed E-state index contributed by atoms with van der Waals surface area (Å²) in [5, 5.41) is 9.03. The van der Waals surface area contributed by atoms with E-state index in [0.717, 1.165) is 11.1 Å². The minimum absolute atomic E-state index is 0.0211. The van der Waals surface area contributed by atoms with E-state index < -0.39 is 5.09 Å². The third-order valence-corrected chi connectivity index (χ3v) is 1.46. The first-order chi connectivity index (χ1) is 5.68. The molecule has 0 aliphatic heterocycles. The van der Waals surface area contributed by atoms with Gasteiger partial charge in [0.15, 0.2) is 0 Å². The molecule has 0 bridgehead atoms. The van der Waals surface area contributed by atoms with Gasteiger partial charge in [0, 0.05) is 0 Å². The molecule has 12 heavy (non-hydrogen) atoms. The van der Waals surface area contributed by atoms with Crippen LogP contribution in [0.5, 0.6) is 0 Å². The zero-order chi connectivity index (χ0) is 8.97. The first-order valence-electron chi connectivity index (χ1n) is 3.51. The van der Waals surface area contributed by atoms with Gasteiger partial charge in [-0.05, 0) is 12.5 Å². The Bertz CT molecular complexity index is 268. The second-order valence-corrected chi connectivity index (χ2v) is 2.48. The van der Waals surface area contributed by atoms with E-state index in [1.807, 2.05) is 19.1 Å². The van der Waals surface area contributed by atoms with Crippen molar-refractivity contribution in [2.75, 3.05) is 0 Å². The minimum Gasteiger partial charge on any atom is -0.309 e. The fourth-order valence-electron chi connectivity index (χ4n) is 0.812. The summed E-state index contributed by atoms with van der Waals surface area (Å²) in [4.78, 5) is 14.0. The van der Waals surface area contributed by atoms with Crippen molar-refractivity contribution in [3.63, 3.8) is 0 Å². The number of hydrogen-bond acceptors (Lipinski definition) is 3. The lowest BCUT2D eigenvalue weighted by molar-refractivity contribution is -0.763. The molecule has 4 heteroatoms. The van der Waals surface area contributed by atoms with Gasteiger partial charge in [-0.3, -0.25) is 0 Å². The highest BCUT2D eigenvalue weighted by Gasteiger charge is 1.96. The molecule has 1 rings (SSSR count). The Kier molecular flexibility index (Phi) is 2.63. The van der Waals surface area contributed by atoms with E-state index in [1.54, 1.807) is 12.1 Å². The third kappa shape index (κ3) is 2.57. The standard InChI is InChI=1S/C8H9NO3/c1-7-2-4-8(5-3-7)6-12-9(10)11/h2-5H,6H2,1H3. The van der Waals surface area contributed by atoms with Gasteiger partial charge in [-0.2, -0.15) is 0 Å². The summed E-state index contributed by atoms with van der Waals surface area (Å²) < 4.78 is 0. The van der Waals surface area contributed by atoms with Crippen LogP contribution in [0.15, 0.2) is 24.3 Å². The number of aryl methyl sites for hydroxylation is 1. The first-order valence-corrected chi connectivity index (χ1v) is 3.51. The zero-order valence-corrected chi connectivity index (χ0v) is 6.69. The predicted molar refractivity (Wildman–Crippen MR) is 43.0 cm³/mol. The van der Waals surface area contributed by atoms with E-state index in [9.17, 15) is 10.1 Å². The van der Waals surface area contributed by atoms with Gasteiger partial charge in [0.2, 0.25) is 0 Å². The van der Waals surface area contributed by atoms with Crippen LogP contribution in [-0.2, 0) is 11.4 Å². The molecule has 0 saturated carbocycles. The fraction of sp³-hybridized carbons (Fsp3) is 0.250. The lowest BCUT2D eigenvalue weighted by atomic mass is 10.2. The van der Waals surface area contributed by atoms with Crippen LogP contribution in [0.3, 0.4) is 0 Å². The molecular formula is C8H9NO3. The first kappa shape index (κ1) is 8.52. The zero-order valence-electron chi connectivity index (χ0n) is 6.69. The molecule has 0 heterocycles. The second-order valence-electron chi connectivity index (χ2n) is 2.48. The molecule has 0 aliphatic carbocycles. The fourth-order valence-corrected chi connectivity index (χ4v) is 0.812. The summed E-state index contributed by atoms with van der Waals surface area (Å²) in [5.41, 5.74) is 1.93. The summed E-state index contributed by atoms with van der Waals surface area (Å²) >= 11 is 0. The maximum absolute atomic E-state index is 9.82. The van der Waals surface area contributed by atoms with Crippen LogP contribution in [0.2, 0.25) is 0 Å². The van der Waals surface area contributed by atoms with Crippen molar-refractivity contribution >= 4 is 0 Å². The van der Waals surface area contributed by atoms with Gasteiger partial charge in [-0.1, -0.05) is 29.8 Å². The van der Waals surface area contributed by atoms with Crippen molar-refractivity contribution in [1.82, 2.24) is 0 Å². The van der Waals surface area contributed by atoms with Gasteiger partial charge in [0.1, 0.15) is 6.61 Å².